The summed E-state index contributed by atoms with van der Waals surface area (Å²) in [7, 11) is 0. The van der Waals surface area contributed by atoms with Crippen molar-refractivity contribution < 1.29 is 4.74 Å². The molecule has 0 N–H and O–H groups in total. The largest absolute Gasteiger partial charge is 0.378 e. The first-order chi connectivity index (χ1) is 6.38. The van der Waals surface area contributed by atoms with Crippen LogP contribution in [0.2, 0.25) is 0 Å². The maximum absolute atomic E-state index is 6.13. The Hall–Kier alpha value is -0.470. The fourth-order valence-electron chi connectivity index (χ4n) is 1.72. The summed E-state index contributed by atoms with van der Waals surface area (Å²) in [6.45, 7) is 3.58. The highest BCUT2D eigenvalue weighted by Gasteiger charge is 2.16. The summed E-state index contributed by atoms with van der Waals surface area (Å²) in [6.07, 6.45) is 6.52. The monoisotopic (exact) mass is 199 g/mol. The van der Waals surface area contributed by atoms with Gasteiger partial charge in [-0.15, -0.1) is 0 Å². The Balaban J connectivity index is 2.05. The molecular weight excluding hydrogens is 186 g/mol. The maximum atomic E-state index is 6.13. The second kappa shape index (κ2) is 4.16. The van der Waals surface area contributed by atoms with Crippen molar-refractivity contribution in [3.8, 4) is 0 Å². The number of halogens is 1. The molecule has 2 nitrogen and oxygen atoms in total. The molecule has 2 rings (SSSR count). The van der Waals surface area contributed by atoms with Crippen LogP contribution in [0.15, 0.2) is 22.9 Å². The minimum Gasteiger partial charge on any atom is -0.378 e. The van der Waals surface area contributed by atoms with Crippen LogP contribution in [0.3, 0.4) is 0 Å². The molecular formula is C10H14ClNO. The smallest absolute Gasteiger partial charge is 0.0642 e. The minimum absolute atomic E-state index is 0.821. The van der Waals surface area contributed by atoms with Crippen LogP contribution in [-0.2, 0) is 4.74 Å². The van der Waals surface area contributed by atoms with E-state index in [0.29, 0.717) is 0 Å². The van der Waals surface area contributed by atoms with E-state index in [1.165, 1.54) is 5.70 Å². The van der Waals surface area contributed by atoms with Crippen LogP contribution in [0, 0.1) is 0 Å². The molecule has 0 amide bonds. The summed E-state index contributed by atoms with van der Waals surface area (Å²) in [4.78, 5) is 2.31. The first-order valence-corrected chi connectivity index (χ1v) is 5.14. The Morgan fingerprint density at radius 2 is 1.85 bits per heavy atom. The van der Waals surface area contributed by atoms with E-state index < -0.39 is 0 Å². The molecule has 1 saturated heterocycles. The van der Waals surface area contributed by atoms with Gasteiger partial charge in [0, 0.05) is 13.1 Å². The Labute approximate surface area is 83.8 Å². The molecule has 1 fully saturated rings. The topological polar surface area (TPSA) is 12.5 Å². The Morgan fingerprint density at radius 1 is 1.15 bits per heavy atom. The predicted molar refractivity (Wildman–Crippen MR) is 53.6 cm³/mol. The lowest BCUT2D eigenvalue weighted by Gasteiger charge is -2.31. The average molecular weight is 200 g/mol. The first kappa shape index (κ1) is 9.10. The van der Waals surface area contributed by atoms with E-state index in [-0.39, 0.29) is 0 Å². The van der Waals surface area contributed by atoms with E-state index in [0.717, 1.165) is 44.2 Å². The van der Waals surface area contributed by atoms with Crippen molar-refractivity contribution in [1.82, 2.24) is 4.90 Å². The minimum atomic E-state index is 0.821. The standard InChI is InChI=1S/C10H14ClNO/c11-9-3-1-2-4-10(9)12-5-7-13-8-6-12/h3-4H,1-2,5-8H2. The number of nitrogens with zero attached hydrogens (tertiary/aromatic N) is 1. The molecule has 13 heavy (non-hydrogen) atoms. The summed E-state index contributed by atoms with van der Waals surface area (Å²) < 4.78 is 5.29. The van der Waals surface area contributed by atoms with Crippen molar-refractivity contribution >= 4 is 11.6 Å². The molecule has 0 aromatic carbocycles. The van der Waals surface area contributed by atoms with Crippen molar-refractivity contribution in [1.29, 1.82) is 0 Å². The molecule has 0 spiro atoms. The first-order valence-electron chi connectivity index (χ1n) is 4.77. The molecule has 72 valence electrons. The van der Waals surface area contributed by atoms with Gasteiger partial charge in [-0.2, -0.15) is 0 Å². The highest BCUT2D eigenvalue weighted by Crippen LogP contribution is 2.25. The van der Waals surface area contributed by atoms with E-state index >= 15 is 0 Å². The van der Waals surface area contributed by atoms with Gasteiger partial charge in [0.1, 0.15) is 0 Å². The number of hydrogen-bond donors (Lipinski definition) is 0. The molecule has 3 heteroatoms. The van der Waals surface area contributed by atoms with Crippen molar-refractivity contribution in [2.75, 3.05) is 26.3 Å². The fourth-order valence-corrected chi connectivity index (χ4v) is 2.02. The fraction of sp³-hybridized carbons (Fsp3) is 0.600. The van der Waals surface area contributed by atoms with Gasteiger partial charge >= 0.3 is 0 Å². The molecule has 0 atom stereocenters. The Morgan fingerprint density at radius 3 is 2.54 bits per heavy atom. The summed E-state index contributed by atoms with van der Waals surface area (Å²) in [5.41, 5.74) is 1.20. The molecule has 1 aliphatic heterocycles. The third-order valence-corrected chi connectivity index (χ3v) is 2.77. The van der Waals surface area contributed by atoms with Crippen molar-refractivity contribution in [2.45, 2.75) is 12.8 Å². The zero-order valence-electron chi connectivity index (χ0n) is 7.63. The SMILES string of the molecule is ClC1=CCCC=C1N1CCOCC1. The van der Waals surface area contributed by atoms with E-state index in [1.807, 2.05) is 0 Å². The van der Waals surface area contributed by atoms with Crippen molar-refractivity contribution in [3.63, 3.8) is 0 Å². The van der Waals surface area contributed by atoms with E-state index in [1.54, 1.807) is 0 Å². The lowest BCUT2D eigenvalue weighted by atomic mass is 10.1. The van der Waals surface area contributed by atoms with Gasteiger partial charge < -0.3 is 9.64 Å². The molecule has 0 aromatic rings. The number of morpholine rings is 1. The third kappa shape index (κ3) is 2.06. The highest BCUT2D eigenvalue weighted by atomic mass is 35.5. The Kier molecular flexibility index (Phi) is 2.91. The zero-order chi connectivity index (χ0) is 9.10. The number of ether oxygens (including phenoxy) is 1. The normalized spacial score (nSPS) is 23.9. The van der Waals surface area contributed by atoms with Gasteiger partial charge in [0.05, 0.1) is 23.9 Å². The summed E-state index contributed by atoms with van der Waals surface area (Å²) in [5, 5.41) is 0.910. The predicted octanol–water partition coefficient (Wildman–Crippen LogP) is 2.12. The maximum Gasteiger partial charge on any atom is 0.0642 e. The second-order valence-electron chi connectivity index (χ2n) is 3.32. The van der Waals surface area contributed by atoms with Crippen LogP contribution in [0.25, 0.3) is 0 Å². The summed E-state index contributed by atoms with van der Waals surface area (Å²) in [6, 6.07) is 0. The molecule has 1 aliphatic carbocycles. The lowest BCUT2D eigenvalue weighted by Crippen LogP contribution is -2.36. The van der Waals surface area contributed by atoms with Gasteiger partial charge in [-0.25, -0.2) is 0 Å². The molecule has 0 radical (unpaired) electrons. The zero-order valence-corrected chi connectivity index (χ0v) is 8.39. The second-order valence-corrected chi connectivity index (χ2v) is 3.73. The van der Waals surface area contributed by atoms with Crippen LogP contribution in [0.5, 0.6) is 0 Å². The quantitative estimate of drug-likeness (QED) is 0.642. The van der Waals surface area contributed by atoms with E-state index in [2.05, 4.69) is 17.1 Å². The van der Waals surface area contributed by atoms with E-state index in [4.69, 9.17) is 16.3 Å². The molecule has 0 unspecified atom stereocenters. The highest BCUT2D eigenvalue weighted by molar-refractivity contribution is 6.31. The molecule has 0 bridgehead atoms. The number of allylic oxidation sites excluding steroid dienone is 3. The van der Waals surface area contributed by atoms with Crippen LogP contribution in [-0.4, -0.2) is 31.2 Å². The van der Waals surface area contributed by atoms with Gasteiger partial charge in [0.2, 0.25) is 0 Å². The molecule has 0 aromatic heterocycles. The number of hydrogen-bond acceptors (Lipinski definition) is 2. The molecule has 2 aliphatic rings. The van der Waals surface area contributed by atoms with Crippen LogP contribution in [0.1, 0.15) is 12.8 Å². The average Bonchev–Trinajstić information content (AvgIpc) is 2.20. The van der Waals surface area contributed by atoms with Gasteiger partial charge in [0.15, 0.2) is 0 Å². The molecule has 0 saturated carbocycles. The number of rotatable bonds is 1. The van der Waals surface area contributed by atoms with Gasteiger partial charge in [-0.05, 0) is 12.8 Å². The summed E-state index contributed by atoms with van der Waals surface area (Å²) >= 11 is 6.13. The van der Waals surface area contributed by atoms with Crippen LogP contribution < -0.4 is 0 Å². The van der Waals surface area contributed by atoms with Crippen LogP contribution in [0.4, 0.5) is 0 Å². The van der Waals surface area contributed by atoms with Crippen molar-refractivity contribution in [3.05, 3.63) is 22.9 Å². The van der Waals surface area contributed by atoms with E-state index in [9.17, 15) is 0 Å². The molecule has 1 heterocycles. The van der Waals surface area contributed by atoms with Crippen LogP contribution >= 0.6 is 11.6 Å². The van der Waals surface area contributed by atoms with Gasteiger partial charge in [-0.3, -0.25) is 0 Å². The summed E-state index contributed by atoms with van der Waals surface area (Å²) in [5.74, 6) is 0. The van der Waals surface area contributed by atoms with Gasteiger partial charge in [0.25, 0.3) is 0 Å². The van der Waals surface area contributed by atoms with Gasteiger partial charge in [-0.1, -0.05) is 23.8 Å². The third-order valence-electron chi connectivity index (χ3n) is 2.42. The lowest BCUT2D eigenvalue weighted by molar-refractivity contribution is 0.0549. The Bertz CT molecular complexity index is 241. The van der Waals surface area contributed by atoms with Crippen molar-refractivity contribution in [2.24, 2.45) is 0 Å².